The van der Waals surface area contributed by atoms with Crippen LogP contribution in [0.15, 0.2) is 49.1 Å². The van der Waals surface area contributed by atoms with Crippen molar-refractivity contribution in [2.24, 2.45) is 7.05 Å². The van der Waals surface area contributed by atoms with Gasteiger partial charge in [-0.25, -0.2) is 15.0 Å². The summed E-state index contributed by atoms with van der Waals surface area (Å²) in [4.78, 5) is 13.2. The smallest absolute Gasteiger partial charge is 0.141 e. The molecule has 4 aromatic rings. The van der Waals surface area contributed by atoms with E-state index in [1.807, 2.05) is 42.2 Å². The fourth-order valence-corrected chi connectivity index (χ4v) is 2.64. The molecular formula is C17H15N5. The zero-order chi connectivity index (χ0) is 15.1. The number of hydrogen-bond acceptors (Lipinski definition) is 4. The molecule has 2 aromatic heterocycles. The highest BCUT2D eigenvalue weighted by atomic mass is 15.0. The van der Waals surface area contributed by atoms with Crippen LogP contribution in [0.1, 0.15) is 5.56 Å². The third-order valence-electron chi connectivity index (χ3n) is 3.76. The number of hydrogen-bond donors (Lipinski definition) is 1. The maximum Gasteiger partial charge on any atom is 0.141 e. The number of nitrogens with one attached hydrogen (secondary N) is 1. The van der Waals surface area contributed by atoms with Gasteiger partial charge in [-0.15, -0.1) is 0 Å². The zero-order valence-corrected chi connectivity index (χ0v) is 12.4. The van der Waals surface area contributed by atoms with Gasteiger partial charge in [0.1, 0.15) is 12.1 Å². The number of aryl methyl sites for hydroxylation is 2. The molecule has 0 unspecified atom stereocenters. The van der Waals surface area contributed by atoms with Crippen LogP contribution in [-0.2, 0) is 7.05 Å². The number of anilines is 2. The summed E-state index contributed by atoms with van der Waals surface area (Å²) >= 11 is 0. The first-order valence-corrected chi connectivity index (χ1v) is 7.10. The third-order valence-corrected chi connectivity index (χ3v) is 3.76. The number of benzene rings is 2. The van der Waals surface area contributed by atoms with E-state index in [4.69, 9.17) is 0 Å². The van der Waals surface area contributed by atoms with Gasteiger partial charge in [0.05, 0.1) is 22.9 Å². The van der Waals surface area contributed by atoms with E-state index < -0.39 is 0 Å². The Labute approximate surface area is 127 Å². The first kappa shape index (κ1) is 12.8. The van der Waals surface area contributed by atoms with Crippen molar-refractivity contribution in [3.05, 3.63) is 54.6 Å². The second-order valence-electron chi connectivity index (χ2n) is 5.43. The molecule has 5 nitrogen and oxygen atoms in total. The summed E-state index contributed by atoms with van der Waals surface area (Å²) < 4.78 is 1.99. The maximum atomic E-state index is 4.41. The van der Waals surface area contributed by atoms with Gasteiger partial charge in [-0.3, -0.25) is 0 Å². The Morgan fingerprint density at radius 1 is 1.00 bits per heavy atom. The molecule has 0 atom stereocenters. The molecule has 1 N–H and O–H groups in total. The molecule has 0 saturated heterocycles. The summed E-state index contributed by atoms with van der Waals surface area (Å²) in [5, 5.41) is 4.34. The molecule has 0 saturated carbocycles. The highest BCUT2D eigenvalue weighted by Crippen LogP contribution is 2.27. The van der Waals surface area contributed by atoms with Crippen molar-refractivity contribution in [1.82, 2.24) is 19.5 Å². The Balaban J connectivity index is 1.88. The van der Waals surface area contributed by atoms with Gasteiger partial charge in [-0.05, 0) is 36.8 Å². The van der Waals surface area contributed by atoms with Crippen molar-refractivity contribution in [1.29, 1.82) is 0 Å². The SMILES string of the molecule is Cc1cccc(Nc2ncnc3cc4c(cc23)ncn4C)c1. The lowest BCUT2D eigenvalue weighted by Gasteiger charge is -2.09. The first-order valence-electron chi connectivity index (χ1n) is 7.10. The van der Waals surface area contributed by atoms with Crippen LogP contribution < -0.4 is 5.32 Å². The third kappa shape index (κ3) is 2.07. The van der Waals surface area contributed by atoms with Crippen LogP contribution in [0.3, 0.4) is 0 Å². The van der Waals surface area contributed by atoms with Gasteiger partial charge >= 0.3 is 0 Å². The summed E-state index contributed by atoms with van der Waals surface area (Å²) in [6, 6.07) is 12.3. The van der Waals surface area contributed by atoms with E-state index in [2.05, 4.69) is 39.3 Å². The molecule has 5 heteroatoms. The van der Waals surface area contributed by atoms with Crippen LogP contribution in [0.2, 0.25) is 0 Å². The fraction of sp³-hybridized carbons (Fsp3) is 0.118. The van der Waals surface area contributed by atoms with Gasteiger partial charge in [-0.1, -0.05) is 12.1 Å². The lowest BCUT2D eigenvalue weighted by Crippen LogP contribution is -1.96. The summed E-state index contributed by atoms with van der Waals surface area (Å²) in [5.41, 5.74) is 5.13. The summed E-state index contributed by atoms with van der Waals surface area (Å²) in [6.45, 7) is 2.07. The molecule has 0 aliphatic carbocycles. The van der Waals surface area contributed by atoms with E-state index in [1.165, 1.54) is 5.56 Å². The van der Waals surface area contributed by atoms with Crippen LogP contribution >= 0.6 is 0 Å². The molecule has 2 aromatic carbocycles. The van der Waals surface area contributed by atoms with Crippen molar-refractivity contribution in [3.8, 4) is 0 Å². The standard InChI is InChI=1S/C17H15N5/c1-11-4-3-5-12(6-11)21-17-13-7-15-16(22(2)10-20-15)8-14(13)18-9-19-17/h3-10H,1-2H3,(H,18,19,21). The van der Waals surface area contributed by atoms with Crippen LogP contribution in [0.5, 0.6) is 0 Å². The molecular weight excluding hydrogens is 274 g/mol. The second-order valence-corrected chi connectivity index (χ2v) is 5.43. The van der Waals surface area contributed by atoms with Crippen molar-refractivity contribution >= 4 is 33.4 Å². The van der Waals surface area contributed by atoms with E-state index in [9.17, 15) is 0 Å². The van der Waals surface area contributed by atoms with E-state index in [-0.39, 0.29) is 0 Å². The Morgan fingerprint density at radius 2 is 1.91 bits per heavy atom. The first-order chi connectivity index (χ1) is 10.7. The monoisotopic (exact) mass is 289 g/mol. The Bertz CT molecular complexity index is 987. The molecule has 0 amide bonds. The Kier molecular flexibility index (Phi) is 2.79. The topological polar surface area (TPSA) is 55.6 Å². The van der Waals surface area contributed by atoms with Crippen molar-refractivity contribution in [2.75, 3.05) is 5.32 Å². The second kappa shape index (κ2) is 4.80. The number of aromatic nitrogens is 4. The van der Waals surface area contributed by atoms with Gasteiger partial charge < -0.3 is 9.88 Å². The number of imidazole rings is 1. The van der Waals surface area contributed by atoms with Crippen molar-refractivity contribution in [3.63, 3.8) is 0 Å². The lowest BCUT2D eigenvalue weighted by molar-refractivity contribution is 0.948. The summed E-state index contributed by atoms with van der Waals surface area (Å²) in [5.74, 6) is 0.795. The average Bonchev–Trinajstić information content (AvgIpc) is 2.87. The predicted molar refractivity (Wildman–Crippen MR) is 88.3 cm³/mol. The van der Waals surface area contributed by atoms with Crippen LogP contribution in [0, 0.1) is 6.92 Å². The van der Waals surface area contributed by atoms with Gasteiger partial charge in [0.2, 0.25) is 0 Å². The molecule has 22 heavy (non-hydrogen) atoms. The number of fused-ring (bicyclic) bond motifs is 2. The molecule has 0 aliphatic heterocycles. The van der Waals surface area contributed by atoms with Gasteiger partial charge in [0.25, 0.3) is 0 Å². The van der Waals surface area contributed by atoms with E-state index >= 15 is 0 Å². The van der Waals surface area contributed by atoms with Crippen molar-refractivity contribution in [2.45, 2.75) is 6.92 Å². The normalized spacial score (nSPS) is 11.2. The molecule has 108 valence electrons. The highest BCUT2D eigenvalue weighted by Gasteiger charge is 2.08. The molecule has 4 rings (SSSR count). The number of rotatable bonds is 2. The van der Waals surface area contributed by atoms with Gasteiger partial charge in [0.15, 0.2) is 0 Å². The molecule has 0 spiro atoms. The Morgan fingerprint density at radius 3 is 2.77 bits per heavy atom. The quantitative estimate of drug-likeness (QED) is 0.613. The van der Waals surface area contributed by atoms with E-state index in [1.54, 1.807) is 6.33 Å². The zero-order valence-electron chi connectivity index (χ0n) is 12.4. The van der Waals surface area contributed by atoms with Crippen LogP contribution in [0.4, 0.5) is 11.5 Å². The predicted octanol–water partition coefficient (Wildman–Crippen LogP) is 3.57. The average molecular weight is 289 g/mol. The van der Waals surface area contributed by atoms with Gasteiger partial charge in [-0.2, -0.15) is 0 Å². The van der Waals surface area contributed by atoms with Gasteiger partial charge in [0, 0.05) is 18.1 Å². The molecule has 0 fully saturated rings. The van der Waals surface area contributed by atoms with E-state index in [0.29, 0.717) is 0 Å². The van der Waals surface area contributed by atoms with Crippen LogP contribution in [-0.4, -0.2) is 19.5 Å². The molecule has 2 heterocycles. The minimum atomic E-state index is 0.795. The largest absolute Gasteiger partial charge is 0.340 e. The number of nitrogens with zero attached hydrogens (tertiary/aromatic N) is 4. The Hall–Kier alpha value is -2.95. The minimum Gasteiger partial charge on any atom is -0.340 e. The van der Waals surface area contributed by atoms with Crippen molar-refractivity contribution < 1.29 is 0 Å². The lowest BCUT2D eigenvalue weighted by atomic mass is 10.2. The summed E-state index contributed by atoms with van der Waals surface area (Å²) in [6.07, 6.45) is 3.40. The minimum absolute atomic E-state index is 0.795. The molecule has 0 bridgehead atoms. The fourth-order valence-electron chi connectivity index (χ4n) is 2.64. The molecule has 0 radical (unpaired) electrons. The van der Waals surface area contributed by atoms with E-state index in [0.717, 1.165) is 33.4 Å². The highest BCUT2D eigenvalue weighted by molar-refractivity contribution is 5.99. The van der Waals surface area contributed by atoms with Crippen LogP contribution in [0.25, 0.3) is 21.9 Å². The molecule has 0 aliphatic rings. The summed E-state index contributed by atoms with van der Waals surface area (Å²) in [7, 11) is 1.98. The maximum absolute atomic E-state index is 4.41.